The van der Waals surface area contributed by atoms with Gasteiger partial charge in [-0.15, -0.1) is 0 Å². The van der Waals surface area contributed by atoms with Crippen molar-refractivity contribution in [1.82, 2.24) is 14.9 Å². The topological polar surface area (TPSA) is 106 Å². The maximum Gasteiger partial charge on any atom is 0.253 e. The van der Waals surface area contributed by atoms with Gasteiger partial charge in [0.25, 0.3) is 11.8 Å². The molecular weight excluding hydrogens is 358 g/mol. The number of hydrogen-bond donors (Lipinski definition) is 1. The van der Waals surface area contributed by atoms with E-state index in [-0.39, 0.29) is 5.91 Å². The highest BCUT2D eigenvalue weighted by molar-refractivity contribution is 5.98. The monoisotopic (exact) mass is 377 g/mol. The molecule has 3 heterocycles. The molecule has 0 radical (unpaired) electrons. The van der Waals surface area contributed by atoms with E-state index >= 15 is 0 Å². The molecule has 2 N–H and O–H groups in total. The van der Waals surface area contributed by atoms with Crippen LogP contribution in [0.3, 0.4) is 0 Å². The largest absolute Gasteiger partial charge is 0.444 e. The number of piperazine rings is 1. The Morgan fingerprint density at radius 3 is 2.43 bits per heavy atom. The number of amides is 2. The molecule has 3 aromatic rings. The zero-order chi connectivity index (χ0) is 19.5. The van der Waals surface area contributed by atoms with Gasteiger partial charge in [0.05, 0.1) is 11.8 Å². The van der Waals surface area contributed by atoms with Crippen LogP contribution in [0.2, 0.25) is 0 Å². The average molecular weight is 377 g/mol. The van der Waals surface area contributed by atoms with Crippen LogP contribution in [-0.2, 0) is 0 Å². The molecule has 1 aromatic carbocycles. The minimum absolute atomic E-state index is 0.0279. The number of pyridine rings is 1. The standard InChI is InChI=1S/C20H19N5O3/c21-18(26)16-2-1-7-23-19(16)24-8-10-25(11-9-24)20(27)15-5-3-14(4-6-15)17-12-22-13-28-17/h1-7,12-13H,8-11H2,(H2,21,26). The van der Waals surface area contributed by atoms with E-state index in [0.29, 0.717) is 48.9 Å². The SMILES string of the molecule is NC(=O)c1cccnc1N1CCN(C(=O)c2ccc(-c3cnco3)cc2)CC1. The maximum atomic E-state index is 12.8. The Labute approximate surface area is 161 Å². The summed E-state index contributed by atoms with van der Waals surface area (Å²) in [6.07, 6.45) is 4.64. The Balaban J connectivity index is 1.42. The Kier molecular flexibility index (Phi) is 4.76. The van der Waals surface area contributed by atoms with Crippen LogP contribution >= 0.6 is 0 Å². The zero-order valence-corrected chi connectivity index (χ0v) is 15.1. The number of anilines is 1. The molecule has 4 rings (SSSR count). The van der Waals surface area contributed by atoms with Crippen LogP contribution in [0.5, 0.6) is 0 Å². The molecule has 2 aromatic heterocycles. The number of nitrogens with zero attached hydrogens (tertiary/aromatic N) is 4. The Hall–Kier alpha value is -3.68. The van der Waals surface area contributed by atoms with E-state index in [1.807, 2.05) is 17.0 Å². The molecule has 1 fully saturated rings. The highest BCUT2D eigenvalue weighted by atomic mass is 16.3. The Bertz CT molecular complexity index is 977. The number of rotatable bonds is 4. The van der Waals surface area contributed by atoms with Crippen molar-refractivity contribution in [3.63, 3.8) is 0 Å². The summed E-state index contributed by atoms with van der Waals surface area (Å²) in [6, 6.07) is 10.6. The van der Waals surface area contributed by atoms with E-state index in [1.54, 1.807) is 41.6 Å². The Morgan fingerprint density at radius 1 is 1.04 bits per heavy atom. The van der Waals surface area contributed by atoms with Gasteiger partial charge in [-0.1, -0.05) is 12.1 Å². The number of hydrogen-bond acceptors (Lipinski definition) is 6. The van der Waals surface area contributed by atoms with Crippen LogP contribution in [0.1, 0.15) is 20.7 Å². The molecule has 0 bridgehead atoms. The quantitative estimate of drug-likeness (QED) is 0.743. The smallest absolute Gasteiger partial charge is 0.253 e. The molecular formula is C20H19N5O3. The van der Waals surface area contributed by atoms with Crippen molar-refractivity contribution < 1.29 is 14.0 Å². The molecule has 1 saturated heterocycles. The normalized spacial score (nSPS) is 14.1. The van der Waals surface area contributed by atoms with E-state index in [4.69, 9.17) is 10.2 Å². The van der Waals surface area contributed by atoms with Crippen LogP contribution in [0.4, 0.5) is 5.82 Å². The third-order valence-electron chi connectivity index (χ3n) is 4.77. The summed E-state index contributed by atoms with van der Waals surface area (Å²) >= 11 is 0. The second-order valence-corrected chi connectivity index (χ2v) is 6.46. The van der Waals surface area contributed by atoms with E-state index < -0.39 is 5.91 Å². The van der Waals surface area contributed by atoms with Crippen LogP contribution < -0.4 is 10.6 Å². The van der Waals surface area contributed by atoms with Gasteiger partial charge in [-0.25, -0.2) is 9.97 Å². The number of carbonyl (C=O) groups excluding carboxylic acids is 2. The average Bonchev–Trinajstić information content (AvgIpc) is 3.28. The van der Waals surface area contributed by atoms with E-state index in [2.05, 4.69) is 9.97 Å². The van der Waals surface area contributed by atoms with Crippen molar-refractivity contribution in [2.24, 2.45) is 5.73 Å². The number of carbonyl (C=O) groups is 2. The lowest BCUT2D eigenvalue weighted by Gasteiger charge is -2.36. The molecule has 2 amide bonds. The number of oxazole rings is 1. The molecule has 8 nitrogen and oxygen atoms in total. The first kappa shape index (κ1) is 17.7. The van der Waals surface area contributed by atoms with Crippen LogP contribution in [-0.4, -0.2) is 52.9 Å². The lowest BCUT2D eigenvalue weighted by Crippen LogP contribution is -2.49. The van der Waals surface area contributed by atoms with Crippen molar-refractivity contribution in [2.45, 2.75) is 0 Å². The van der Waals surface area contributed by atoms with Gasteiger partial charge in [0.15, 0.2) is 12.2 Å². The zero-order valence-electron chi connectivity index (χ0n) is 15.1. The van der Waals surface area contributed by atoms with Gasteiger partial charge in [-0.3, -0.25) is 9.59 Å². The number of nitrogens with two attached hydrogens (primary N) is 1. The van der Waals surface area contributed by atoms with Crippen molar-refractivity contribution >= 4 is 17.6 Å². The fourth-order valence-electron chi connectivity index (χ4n) is 3.28. The summed E-state index contributed by atoms with van der Waals surface area (Å²) in [5.41, 5.74) is 7.32. The highest BCUT2D eigenvalue weighted by Gasteiger charge is 2.25. The summed E-state index contributed by atoms with van der Waals surface area (Å²) in [4.78, 5) is 36.4. The van der Waals surface area contributed by atoms with E-state index in [9.17, 15) is 9.59 Å². The predicted octanol–water partition coefficient (Wildman–Crippen LogP) is 1.80. The maximum absolute atomic E-state index is 12.8. The summed E-state index contributed by atoms with van der Waals surface area (Å²) in [6.45, 7) is 2.24. The minimum Gasteiger partial charge on any atom is -0.444 e. The summed E-state index contributed by atoms with van der Waals surface area (Å²) in [5.74, 6) is 0.695. The molecule has 0 unspecified atom stereocenters. The van der Waals surface area contributed by atoms with Crippen molar-refractivity contribution in [3.8, 4) is 11.3 Å². The number of benzene rings is 1. The summed E-state index contributed by atoms with van der Waals surface area (Å²) in [5, 5.41) is 0. The first-order valence-electron chi connectivity index (χ1n) is 8.91. The van der Waals surface area contributed by atoms with Crippen LogP contribution in [0.25, 0.3) is 11.3 Å². The van der Waals surface area contributed by atoms with Gasteiger partial charge in [-0.05, 0) is 24.3 Å². The number of aromatic nitrogens is 2. The molecule has 0 atom stereocenters. The second-order valence-electron chi connectivity index (χ2n) is 6.46. The van der Waals surface area contributed by atoms with Crippen molar-refractivity contribution in [1.29, 1.82) is 0 Å². The van der Waals surface area contributed by atoms with Gasteiger partial charge in [0, 0.05) is 43.5 Å². The fourth-order valence-corrected chi connectivity index (χ4v) is 3.28. The van der Waals surface area contributed by atoms with E-state index in [1.165, 1.54) is 6.39 Å². The lowest BCUT2D eigenvalue weighted by atomic mass is 10.1. The number of primary amides is 1. The predicted molar refractivity (Wildman–Crippen MR) is 103 cm³/mol. The summed E-state index contributed by atoms with van der Waals surface area (Å²) < 4.78 is 5.27. The van der Waals surface area contributed by atoms with Gasteiger partial charge < -0.3 is 20.0 Å². The van der Waals surface area contributed by atoms with Gasteiger partial charge in [0.2, 0.25) is 0 Å². The molecule has 0 spiro atoms. The van der Waals surface area contributed by atoms with Gasteiger partial charge in [0.1, 0.15) is 5.82 Å². The van der Waals surface area contributed by atoms with E-state index in [0.717, 1.165) is 5.56 Å². The minimum atomic E-state index is -0.506. The second kappa shape index (κ2) is 7.51. The van der Waals surface area contributed by atoms with Gasteiger partial charge >= 0.3 is 0 Å². The molecule has 1 aliphatic heterocycles. The highest BCUT2D eigenvalue weighted by Crippen LogP contribution is 2.21. The fraction of sp³-hybridized carbons (Fsp3) is 0.200. The Morgan fingerprint density at radius 2 is 1.79 bits per heavy atom. The van der Waals surface area contributed by atoms with Crippen LogP contribution in [0.15, 0.2) is 59.6 Å². The van der Waals surface area contributed by atoms with Crippen LogP contribution in [0, 0.1) is 0 Å². The van der Waals surface area contributed by atoms with Crippen molar-refractivity contribution in [2.75, 3.05) is 31.1 Å². The molecule has 8 heteroatoms. The lowest BCUT2D eigenvalue weighted by molar-refractivity contribution is 0.0746. The summed E-state index contributed by atoms with van der Waals surface area (Å²) in [7, 11) is 0. The molecule has 1 aliphatic rings. The van der Waals surface area contributed by atoms with Gasteiger partial charge in [-0.2, -0.15) is 0 Å². The molecule has 142 valence electrons. The molecule has 0 aliphatic carbocycles. The first-order chi connectivity index (χ1) is 13.6. The van der Waals surface area contributed by atoms with Crippen molar-refractivity contribution in [3.05, 3.63) is 66.3 Å². The first-order valence-corrected chi connectivity index (χ1v) is 8.91. The molecule has 28 heavy (non-hydrogen) atoms. The third-order valence-corrected chi connectivity index (χ3v) is 4.77. The third kappa shape index (κ3) is 3.44. The molecule has 0 saturated carbocycles.